The van der Waals surface area contributed by atoms with Crippen molar-refractivity contribution in [3.63, 3.8) is 0 Å². The molecule has 100 valence electrons. The van der Waals surface area contributed by atoms with Gasteiger partial charge in [0, 0.05) is 17.3 Å². The minimum Gasteiger partial charge on any atom is -0.481 e. The predicted octanol–water partition coefficient (Wildman–Crippen LogP) is 2.68. The van der Waals surface area contributed by atoms with Gasteiger partial charge in [-0.05, 0) is 31.0 Å². The maximum Gasteiger partial charge on any atom is 0.303 e. The summed E-state index contributed by atoms with van der Waals surface area (Å²) in [5, 5.41) is 15.3. The SMILES string of the molecule is Cc1c(-c2ccc(F)cc2F)n[nH]c1CCC(=O)O. The Morgan fingerprint density at radius 2 is 2.16 bits per heavy atom. The van der Waals surface area contributed by atoms with Gasteiger partial charge in [0.25, 0.3) is 0 Å². The lowest BCUT2D eigenvalue weighted by atomic mass is 10.0. The molecular formula is C13H12F2N2O2. The Morgan fingerprint density at radius 1 is 1.42 bits per heavy atom. The minimum atomic E-state index is -0.913. The van der Waals surface area contributed by atoms with Crippen LogP contribution in [0, 0.1) is 18.6 Å². The first kappa shape index (κ1) is 13.2. The van der Waals surface area contributed by atoms with Crippen LogP contribution in [0.25, 0.3) is 11.3 Å². The number of halogens is 2. The molecule has 0 atom stereocenters. The third-order valence-electron chi connectivity index (χ3n) is 2.89. The topological polar surface area (TPSA) is 66.0 Å². The largest absolute Gasteiger partial charge is 0.481 e. The molecule has 4 nitrogen and oxygen atoms in total. The van der Waals surface area contributed by atoms with E-state index in [1.165, 1.54) is 6.07 Å². The summed E-state index contributed by atoms with van der Waals surface area (Å²) in [6, 6.07) is 3.26. The number of rotatable bonds is 4. The number of nitrogens with one attached hydrogen (secondary N) is 1. The quantitative estimate of drug-likeness (QED) is 0.894. The third kappa shape index (κ3) is 2.78. The average Bonchev–Trinajstić information content (AvgIpc) is 2.68. The Bertz CT molecular complexity index is 623. The Hall–Kier alpha value is -2.24. The van der Waals surface area contributed by atoms with Gasteiger partial charge in [-0.15, -0.1) is 0 Å². The molecule has 0 aliphatic carbocycles. The van der Waals surface area contributed by atoms with Crippen LogP contribution in [-0.2, 0) is 11.2 Å². The van der Waals surface area contributed by atoms with Crippen LogP contribution in [0.3, 0.4) is 0 Å². The van der Waals surface area contributed by atoms with Gasteiger partial charge in [0.15, 0.2) is 0 Å². The van der Waals surface area contributed by atoms with E-state index >= 15 is 0 Å². The summed E-state index contributed by atoms with van der Waals surface area (Å²) in [6.07, 6.45) is 0.255. The van der Waals surface area contributed by atoms with Crippen molar-refractivity contribution < 1.29 is 18.7 Å². The summed E-state index contributed by atoms with van der Waals surface area (Å²) in [5.74, 6) is -2.26. The Kier molecular flexibility index (Phi) is 3.59. The highest BCUT2D eigenvalue weighted by molar-refractivity contribution is 5.68. The number of aromatic amines is 1. The first-order valence-corrected chi connectivity index (χ1v) is 5.70. The van der Waals surface area contributed by atoms with Crippen LogP contribution in [0.15, 0.2) is 18.2 Å². The molecule has 0 saturated carbocycles. The van der Waals surface area contributed by atoms with Gasteiger partial charge in [-0.2, -0.15) is 5.10 Å². The molecule has 0 spiro atoms. The summed E-state index contributed by atoms with van der Waals surface area (Å²) in [6.45, 7) is 1.72. The molecule has 0 saturated heterocycles. The van der Waals surface area contributed by atoms with E-state index in [0.29, 0.717) is 17.0 Å². The highest BCUT2D eigenvalue weighted by Crippen LogP contribution is 2.26. The molecule has 0 aliphatic rings. The average molecular weight is 266 g/mol. The second-order valence-corrected chi connectivity index (χ2v) is 4.19. The lowest BCUT2D eigenvalue weighted by molar-refractivity contribution is -0.136. The van der Waals surface area contributed by atoms with E-state index in [1.807, 2.05) is 0 Å². The smallest absolute Gasteiger partial charge is 0.303 e. The number of aromatic nitrogens is 2. The van der Waals surface area contributed by atoms with Crippen molar-refractivity contribution in [3.05, 3.63) is 41.1 Å². The maximum absolute atomic E-state index is 13.7. The van der Waals surface area contributed by atoms with Gasteiger partial charge in [-0.25, -0.2) is 8.78 Å². The van der Waals surface area contributed by atoms with Gasteiger partial charge in [0.2, 0.25) is 0 Å². The van der Waals surface area contributed by atoms with Crippen LogP contribution in [0.4, 0.5) is 8.78 Å². The monoisotopic (exact) mass is 266 g/mol. The maximum atomic E-state index is 13.7. The molecule has 0 amide bonds. The molecule has 0 radical (unpaired) electrons. The first-order chi connectivity index (χ1) is 8.99. The van der Waals surface area contributed by atoms with Crippen LogP contribution < -0.4 is 0 Å². The Balaban J connectivity index is 2.33. The zero-order valence-electron chi connectivity index (χ0n) is 10.2. The lowest BCUT2D eigenvalue weighted by Crippen LogP contribution is -1.98. The van der Waals surface area contributed by atoms with Crippen molar-refractivity contribution in [1.82, 2.24) is 10.2 Å². The molecule has 1 aromatic heterocycles. The van der Waals surface area contributed by atoms with E-state index in [1.54, 1.807) is 6.92 Å². The number of aliphatic carboxylic acids is 1. The summed E-state index contributed by atoms with van der Waals surface area (Å²) in [4.78, 5) is 10.5. The number of carboxylic acid groups (broad SMARTS) is 1. The number of carboxylic acids is 1. The summed E-state index contributed by atoms with van der Waals surface area (Å²) in [5.41, 5.74) is 1.88. The molecule has 0 fully saturated rings. The van der Waals surface area contributed by atoms with Gasteiger partial charge in [0.05, 0.1) is 12.1 Å². The number of benzene rings is 1. The summed E-state index contributed by atoms with van der Waals surface area (Å²) < 4.78 is 26.5. The second-order valence-electron chi connectivity index (χ2n) is 4.19. The molecule has 1 heterocycles. The van der Waals surface area contributed by atoms with Gasteiger partial charge in [0.1, 0.15) is 11.6 Å². The number of H-pyrrole nitrogens is 1. The normalized spacial score (nSPS) is 10.7. The fourth-order valence-electron chi connectivity index (χ4n) is 1.85. The molecule has 2 rings (SSSR count). The molecule has 0 aliphatic heterocycles. The summed E-state index contributed by atoms with van der Waals surface area (Å²) >= 11 is 0. The summed E-state index contributed by atoms with van der Waals surface area (Å²) in [7, 11) is 0. The number of nitrogens with zero attached hydrogens (tertiary/aromatic N) is 1. The van der Waals surface area contributed by atoms with E-state index in [0.717, 1.165) is 12.1 Å². The van der Waals surface area contributed by atoms with Crippen molar-refractivity contribution in [2.45, 2.75) is 19.8 Å². The van der Waals surface area contributed by atoms with Crippen LogP contribution in [0.2, 0.25) is 0 Å². The van der Waals surface area contributed by atoms with E-state index in [4.69, 9.17) is 5.11 Å². The van der Waals surface area contributed by atoms with E-state index in [9.17, 15) is 13.6 Å². The lowest BCUT2D eigenvalue weighted by Gasteiger charge is -2.02. The highest BCUT2D eigenvalue weighted by atomic mass is 19.1. The zero-order valence-corrected chi connectivity index (χ0v) is 10.2. The van der Waals surface area contributed by atoms with E-state index in [2.05, 4.69) is 10.2 Å². The first-order valence-electron chi connectivity index (χ1n) is 5.70. The molecule has 0 bridgehead atoms. The van der Waals surface area contributed by atoms with Gasteiger partial charge in [-0.1, -0.05) is 0 Å². The molecule has 6 heteroatoms. The minimum absolute atomic E-state index is 0.0334. The van der Waals surface area contributed by atoms with Crippen molar-refractivity contribution in [2.24, 2.45) is 0 Å². The molecule has 0 unspecified atom stereocenters. The van der Waals surface area contributed by atoms with Crippen LogP contribution in [-0.4, -0.2) is 21.3 Å². The number of hydrogen-bond donors (Lipinski definition) is 2. The Morgan fingerprint density at radius 3 is 2.79 bits per heavy atom. The fourth-order valence-corrected chi connectivity index (χ4v) is 1.85. The van der Waals surface area contributed by atoms with Gasteiger partial charge in [-0.3, -0.25) is 9.89 Å². The highest BCUT2D eigenvalue weighted by Gasteiger charge is 2.15. The number of hydrogen-bond acceptors (Lipinski definition) is 2. The Labute approximate surface area is 108 Å². The van der Waals surface area contributed by atoms with Crippen molar-refractivity contribution in [3.8, 4) is 11.3 Å². The van der Waals surface area contributed by atoms with Crippen molar-refractivity contribution in [2.75, 3.05) is 0 Å². The fraction of sp³-hybridized carbons (Fsp3) is 0.231. The molecular weight excluding hydrogens is 254 g/mol. The van der Waals surface area contributed by atoms with Crippen LogP contribution >= 0.6 is 0 Å². The van der Waals surface area contributed by atoms with E-state index in [-0.39, 0.29) is 18.4 Å². The number of aryl methyl sites for hydroxylation is 1. The number of carbonyl (C=O) groups is 1. The van der Waals surface area contributed by atoms with Crippen molar-refractivity contribution in [1.29, 1.82) is 0 Å². The second kappa shape index (κ2) is 5.17. The van der Waals surface area contributed by atoms with Gasteiger partial charge >= 0.3 is 5.97 Å². The zero-order chi connectivity index (χ0) is 14.0. The van der Waals surface area contributed by atoms with Crippen LogP contribution in [0.1, 0.15) is 17.7 Å². The molecule has 1 aromatic carbocycles. The molecule has 2 N–H and O–H groups in total. The molecule has 2 aromatic rings. The van der Waals surface area contributed by atoms with Crippen LogP contribution in [0.5, 0.6) is 0 Å². The van der Waals surface area contributed by atoms with Crippen molar-refractivity contribution >= 4 is 5.97 Å². The standard InChI is InChI=1S/C13H12F2N2O2/c1-7-11(4-5-12(18)19)16-17-13(7)9-3-2-8(14)6-10(9)15/h2-3,6H,4-5H2,1H3,(H,16,17)(H,18,19). The van der Waals surface area contributed by atoms with Gasteiger partial charge < -0.3 is 5.11 Å². The van der Waals surface area contributed by atoms with E-state index < -0.39 is 17.6 Å². The predicted molar refractivity (Wildman–Crippen MR) is 64.6 cm³/mol. The molecule has 19 heavy (non-hydrogen) atoms. The third-order valence-corrected chi connectivity index (χ3v) is 2.89.